The van der Waals surface area contributed by atoms with Crippen LogP contribution in [0, 0.1) is 5.92 Å². The highest BCUT2D eigenvalue weighted by atomic mass is 19.4. The van der Waals surface area contributed by atoms with Gasteiger partial charge in [0.25, 0.3) is 0 Å². The number of carbonyl (C=O) groups is 1. The molecule has 0 spiro atoms. The average molecular weight is 492 g/mol. The fourth-order valence-electron chi connectivity index (χ4n) is 4.77. The molecule has 2 fully saturated rings. The second-order valence-electron chi connectivity index (χ2n) is 9.34. The molecule has 0 radical (unpaired) electrons. The van der Waals surface area contributed by atoms with Crippen molar-refractivity contribution in [2.75, 3.05) is 26.2 Å². The van der Waals surface area contributed by atoms with Gasteiger partial charge in [-0.2, -0.15) is 13.2 Å². The van der Waals surface area contributed by atoms with Gasteiger partial charge >= 0.3 is 12.3 Å². The van der Waals surface area contributed by atoms with E-state index in [0.717, 1.165) is 55.6 Å². The number of rotatable bonds is 7. The lowest BCUT2D eigenvalue weighted by atomic mass is 9.95. The Balaban J connectivity index is 1.29. The first kappa shape index (κ1) is 25.5. The maximum absolute atomic E-state index is 12.8. The third-order valence-electron chi connectivity index (χ3n) is 6.84. The minimum absolute atomic E-state index is 0.239. The lowest BCUT2D eigenvalue weighted by Gasteiger charge is -2.24. The number of piperidine rings is 1. The SMILES string of the molecule is O=C(NCCC1CCNCC1)OC1[C@@H](O)CN[C@@H]1Cc1ccc(-c2ccc(C(F)(F)F)cc2)cc1. The molecule has 3 atom stereocenters. The Kier molecular flexibility index (Phi) is 8.30. The summed E-state index contributed by atoms with van der Waals surface area (Å²) >= 11 is 0. The first-order valence-electron chi connectivity index (χ1n) is 12.1. The van der Waals surface area contributed by atoms with E-state index in [4.69, 9.17) is 4.74 Å². The molecule has 6 nitrogen and oxygen atoms in total. The van der Waals surface area contributed by atoms with Crippen molar-refractivity contribution in [2.24, 2.45) is 5.92 Å². The van der Waals surface area contributed by atoms with Crippen LogP contribution in [0.4, 0.5) is 18.0 Å². The lowest BCUT2D eigenvalue weighted by molar-refractivity contribution is -0.137. The number of β-amino-alcohol motifs (C(OH)–C–C–N with tert-alkyl or cyclic N) is 1. The molecule has 2 aromatic carbocycles. The second-order valence-corrected chi connectivity index (χ2v) is 9.34. The van der Waals surface area contributed by atoms with Gasteiger partial charge < -0.3 is 25.8 Å². The van der Waals surface area contributed by atoms with Gasteiger partial charge in [0, 0.05) is 13.1 Å². The van der Waals surface area contributed by atoms with Crippen molar-refractivity contribution in [3.63, 3.8) is 0 Å². The van der Waals surface area contributed by atoms with E-state index in [9.17, 15) is 23.1 Å². The number of halogens is 3. The molecule has 35 heavy (non-hydrogen) atoms. The van der Waals surface area contributed by atoms with Gasteiger partial charge in [-0.3, -0.25) is 0 Å². The third kappa shape index (κ3) is 6.96. The minimum atomic E-state index is -4.36. The van der Waals surface area contributed by atoms with Gasteiger partial charge in [-0.05, 0) is 73.5 Å². The maximum Gasteiger partial charge on any atom is 0.416 e. The Hall–Kier alpha value is -2.62. The Bertz CT molecular complexity index is 961. The number of amides is 1. The average Bonchev–Trinajstić information content (AvgIpc) is 3.18. The van der Waals surface area contributed by atoms with E-state index >= 15 is 0 Å². The molecule has 0 saturated carbocycles. The Labute approximate surface area is 203 Å². The smallest absolute Gasteiger partial charge is 0.416 e. The topological polar surface area (TPSA) is 82.6 Å². The summed E-state index contributed by atoms with van der Waals surface area (Å²) in [4.78, 5) is 12.3. The Morgan fingerprint density at radius 1 is 1.03 bits per heavy atom. The van der Waals surface area contributed by atoms with E-state index in [-0.39, 0.29) is 6.04 Å². The zero-order valence-electron chi connectivity index (χ0n) is 19.5. The van der Waals surface area contributed by atoms with Crippen molar-refractivity contribution in [3.05, 3.63) is 59.7 Å². The van der Waals surface area contributed by atoms with Crippen molar-refractivity contribution in [2.45, 2.75) is 50.1 Å². The summed E-state index contributed by atoms with van der Waals surface area (Å²) in [7, 11) is 0. The summed E-state index contributed by atoms with van der Waals surface area (Å²) in [5.74, 6) is 0.605. The Morgan fingerprint density at radius 3 is 2.29 bits per heavy atom. The lowest BCUT2D eigenvalue weighted by Crippen LogP contribution is -2.42. The third-order valence-corrected chi connectivity index (χ3v) is 6.84. The van der Waals surface area contributed by atoms with E-state index in [1.54, 1.807) is 0 Å². The predicted octanol–water partition coefficient (Wildman–Crippen LogP) is 3.73. The highest BCUT2D eigenvalue weighted by Gasteiger charge is 2.37. The summed E-state index contributed by atoms with van der Waals surface area (Å²) in [6.45, 7) is 2.92. The molecular formula is C26H32F3N3O3. The van der Waals surface area contributed by atoms with E-state index in [1.165, 1.54) is 12.1 Å². The molecular weight excluding hydrogens is 459 g/mol. The van der Waals surface area contributed by atoms with Crippen molar-refractivity contribution >= 4 is 6.09 Å². The number of carbonyl (C=O) groups excluding carboxylic acids is 1. The highest BCUT2D eigenvalue weighted by molar-refractivity contribution is 5.67. The van der Waals surface area contributed by atoms with Crippen molar-refractivity contribution in [1.82, 2.24) is 16.0 Å². The van der Waals surface area contributed by atoms with Crippen molar-refractivity contribution in [1.29, 1.82) is 0 Å². The minimum Gasteiger partial charge on any atom is -0.442 e. The Morgan fingerprint density at radius 2 is 1.66 bits per heavy atom. The number of alkyl halides is 3. The summed E-state index contributed by atoms with van der Waals surface area (Å²) in [6, 6.07) is 12.3. The van der Waals surface area contributed by atoms with E-state index in [2.05, 4.69) is 16.0 Å². The van der Waals surface area contributed by atoms with Crippen LogP contribution in [0.2, 0.25) is 0 Å². The molecule has 2 heterocycles. The number of hydrogen-bond donors (Lipinski definition) is 4. The van der Waals surface area contributed by atoms with Crippen LogP contribution >= 0.6 is 0 Å². The molecule has 0 aliphatic carbocycles. The van der Waals surface area contributed by atoms with Gasteiger partial charge in [-0.15, -0.1) is 0 Å². The number of aliphatic hydroxyl groups is 1. The zero-order valence-corrected chi connectivity index (χ0v) is 19.5. The number of alkyl carbamates (subject to hydrolysis) is 1. The number of ether oxygens (including phenoxy) is 1. The molecule has 0 aromatic heterocycles. The molecule has 2 aliphatic heterocycles. The van der Waals surface area contributed by atoms with Crippen molar-refractivity contribution in [3.8, 4) is 11.1 Å². The molecule has 4 rings (SSSR count). The summed E-state index contributed by atoms with van der Waals surface area (Å²) in [5.41, 5.74) is 1.79. The zero-order chi connectivity index (χ0) is 24.8. The summed E-state index contributed by atoms with van der Waals surface area (Å²) in [5, 5.41) is 19.7. The van der Waals surface area contributed by atoms with E-state index in [1.807, 2.05) is 24.3 Å². The fraction of sp³-hybridized carbons (Fsp3) is 0.500. The van der Waals surface area contributed by atoms with Gasteiger partial charge in [0.1, 0.15) is 12.2 Å². The van der Waals surface area contributed by atoms with Crippen LogP contribution in [0.1, 0.15) is 30.4 Å². The van der Waals surface area contributed by atoms with Gasteiger partial charge in [0.2, 0.25) is 0 Å². The van der Waals surface area contributed by atoms with Crippen LogP contribution < -0.4 is 16.0 Å². The molecule has 9 heteroatoms. The summed E-state index contributed by atoms with van der Waals surface area (Å²) in [6.07, 6.45) is -2.65. The van der Waals surface area contributed by atoms with Gasteiger partial charge in [-0.25, -0.2) is 4.79 Å². The van der Waals surface area contributed by atoms with Crippen LogP contribution in [0.15, 0.2) is 48.5 Å². The molecule has 2 aliphatic rings. The quantitative estimate of drug-likeness (QED) is 0.475. The predicted molar refractivity (Wildman–Crippen MR) is 127 cm³/mol. The molecule has 1 amide bonds. The van der Waals surface area contributed by atoms with E-state index < -0.39 is 30.0 Å². The molecule has 2 saturated heterocycles. The monoisotopic (exact) mass is 491 g/mol. The van der Waals surface area contributed by atoms with Crippen LogP contribution in [-0.2, 0) is 17.3 Å². The number of hydrogen-bond acceptors (Lipinski definition) is 5. The first-order chi connectivity index (χ1) is 16.8. The summed E-state index contributed by atoms with van der Waals surface area (Å²) < 4.78 is 43.9. The van der Waals surface area contributed by atoms with Crippen LogP contribution in [0.25, 0.3) is 11.1 Å². The van der Waals surface area contributed by atoms with Crippen LogP contribution in [0.3, 0.4) is 0 Å². The number of aliphatic hydroxyl groups excluding tert-OH is 1. The van der Waals surface area contributed by atoms with E-state index in [0.29, 0.717) is 31.0 Å². The molecule has 2 aromatic rings. The fourth-order valence-corrected chi connectivity index (χ4v) is 4.77. The molecule has 0 bridgehead atoms. The van der Waals surface area contributed by atoms with Gasteiger partial charge in [0.15, 0.2) is 0 Å². The second kappa shape index (κ2) is 11.4. The highest BCUT2D eigenvalue weighted by Crippen LogP contribution is 2.31. The first-order valence-corrected chi connectivity index (χ1v) is 12.1. The van der Waals surface area contributed by atoms with Crippen LogP contribution in [-0.4, -0.2) is 55.6 Å². The number of nitrogens with one attached hydrogen (secondary N) is 3. The maximum atomic E-state index is 12.8. The number of benzene rings is 2. The van der Waals surface area contributed by atoms with Crippen molar-refractivity contribution < 1.29 is 27.8 Å². The van der Waals surface area contributed by atoms with Gasteiger partial charge in [0.05, 0.1) is 11.6 Å². The molecule has 190 valence electrons. The largest absolute Gasteiger partial charge is 0.442 e. The van der Waals surface area contributed by atoms with Gasteiger partial charge in [-0.1, -0.05) is 36.4 Å². The van der Waals surface area contributed by atoms with Crippen LogP contribution in [0.5, 0.6) is 0 Å². The molecule has 4 N–H and O–H groups in total. The molecule has 1 unspecified atom stereocenters. The standard InChI is InChI=1S/C26H32F3N3O3/c27-26(28,29)21-7-5-20(6-8-21)19-3-1-18(2-4-19)15-22-24(23(33)16-32-22)35-25(34)31-14-11-17-9-12-30-13-10-17/h1-8,17,22-24,30,32-33H,9-16H2,(H,31,34)/t22-,23+,24?/m1/s1. The normalized spacial score (nSPS) is 23.3.